The van der Waals surface area contributed by atoms with E-state index >= 15 is 0 Å². The summed E-state index contributed by atoms with van der Waals surface area (Å²) in [5.41, 5.74) is 6.48. The van der Waals surface area contributed by atoms with Crippen LogP contribution in [0.15, 0.2) is 18.2 Å². The average Bonchev–Trinajstić information content (AvgIpc) is 2.29. The summed E-state index contributed by atoms with van der Waals surface area (Å²) in [6, 6.07) is 4.84. The highest BCUT2D eigenvalue weighted by Crippen LogP contribution is 2.19. The highest BCUT2D eigenvalue weighted by atomic mass is 32.1. The number of rotatable bonds is 4. The van der Waals surface area contributed by atoms with Crippen LogP contribution in [0.4, 0.5) is 0 Å². The van der Waals surface area contributed by atoms with Crippen molar-refractivity contribution >= 4 is 23.1 Å². The molecule has 0 spiro atoms. The van der Waals surface area contributed by atoms with Gasteiger partial charge in [-0.1, -0.05) is 25.2 Å². The van der Waals surface area contributed by atoms with E-state index in [0.29, 0.717) is 22.7 Å². The zero-order chi connectivity index (χ0) is 13.0. The molecule has 1 atom stereocenters. The predicted octanol–water partition coefficient (Wildman–Crippen LogP) is 1.35. The monoisotopic (exact) mass is 252 g/mol. The van der Waals surface area contributed by atoms with Gasteiger partial charge < -0.3 is 16.2 Å². The van der Waals surface area contributed by atoms with Crippen LogP contribution < -0.4 is 11.1 Å². The molecule has 17 heavy (non-hydrogen) atoms. The number of hydrogen-bond donors (Lipinski definition) is 3. The zero-order valence-electron chi connectivity index (χ0n) is 9.86. The van der Waals surface area contributed by atoms with Crippen molar-refractivity contribution in [2.75, 3.05) is 6.54 Å². The minimum atomic E-state index is -0.235. The fraction of sp³-hybridized carbons (Fsp3) is 0.333. The molecule has 0 fully saturated rings. The molecule has 4 nitrogen and oxygen atoms in total. The molecular formula is C12H16N2O2S. The molecule has 1 amide bonds. The minimum absolute atomic E-state index is 0.0495. The second-order valence-electron chi connectivity index (χ2n) is 3.96. The van der Waals surface area contributed by atoms with Crippen molar-refractivity contribution < 1.29 is 9.90 Å². The van der Waals surface area contributed by atoms with Crippen LogP contribution in [-0.4, -0.2) is 22.5 Å². The lowest BCUT2D eigenvalue weighted by Crippen LogP contribution is -2.33. The van der Waals surface area contributed by atoms with E-state index < -0.39 is 0 Å². The Morgan fingerprint density at radius 3 is 2.82 bits per heavy atom. The van der Waals surface area contributed by atoms with Gasteiger partial charge in [0.1, 0.15) is 5.75 Å². The number of hydrogen-bond acceptors (Lipinski definition) is 3. The summed E-state index contributed by atoms with van der Waals surface area (Å²) < 4.78 is 0. The first-order valence-corrected chi connectivity index (χ1v) is 5.70. The van der Waals surface area contributed by atoms with Crippen LogP contribution in [0, 0.1) is 12.8 Å². The molecule has 5 heteroatoms. The Hall–Kier alpha value is -1.62. The number of amides is 1. The Balaban J connectivity index is 2.71. The van der Waals surface area contributed by atoms with Crippen molar-refractivity contribution in [2.24, 2.45) is 11.7 Å². The van der Waals surface area contributed by atoms with Gasteiger partial charge in [0.25, 0.3) is 5.91 Å². The molecule has 0 aliphatic heterocycles. The summed E-state index contributed by atoms with van der Waals surface area (Å²) in [4.78, 5) is 12.2. The lowest BCUT2D eigenvalue weighted by Gasteiger charge is -2.12. The van der Waals surface area contributed by atoms with Crippen LogP contribution in [0.1, 0.15) is 22.8 Å². The van der Waals surface area contributed by atoms with E-state index in [4.69, 9.17) is 18.0 Å². The van der Waals surface area contributed by atoms with Gasteiger partial charge in [-0.3, -0.25) is 4.79 Å². The molecule has 1 unspecified atom stereocenters. The van der Waals surface area contributed by atoms with E-state index in [-0.39, 0.29) is 17.6 Å². The molecule has 0 saturated heterocycles. The molecule has 0 radical (unpaired) electrons. The molecule has 1 rings (SSSR count). The SMILES string of the molecule is Cc1c(O)cccc1C(=O)NCC(C)C(N)=S. The van der Waals surface area contributed by atoms with Crippen molar-refractivity contribution in [3.8, 4) is 5.75 Å². The number of benzene rings is 1. The Bertz CT molecular complexity index is 446. The summed E-state index contributed by atoms with van der Waals surface area (Å²) >= 11 is 4.82. The summed E-state index contributed by atoms with van der Waals surface area (Å²) in [6.45, 7) is 3.93. The van der Waals surface area contributed by atoms with Crippen LogP contribution in [0.5, 0.6) is 5.75 Å². The predicted molar refractivity (Wildman–Crippen MR) is 71.1 cm³/mol. The third-order valence-electron chi connectivity index (χ3n) is 2.60. The second kappa shape index (κ2) is 5.63. The fourth-order valence-corrected chi connectivity index (χ4v) is 1.39. The zero-order valence-corrected chi connectivity index (χ0v) is 10.7. The van der Waals surface area contributed by atoms with E-state index in [1.165, 1.54) is 0 Å². The maximum atomic E-state index is 11.8. The molecule has 92 valence electrons. The molecule has 0 saturated carbocycles. The number of thiocarbonyl (C=S) groups is 1. The Kier molecular flexibility index (Phi) is 4.45. The highest BCUT2D eigenvalue weighted by molar-refractivity contribution is 7.80. The molecule has 0 aliphatic rings. The average molecular weight is 252 g/mol. The lowest BCUT2D eigenvalue weighted by molar-refractivity contribution is 0.0950. The van der Waals surface area contributed by atoms with Crippen molar-refractivity contribution in [3.05, 3.63) is 29.3 Å². The number of carbonyl (C=O) groups is 1. The van der Waals surface area contributed by atoms with Gasteiger partial charge >= 0.3 is 0 Å². The number of carbonyl (C=O) groups excluding carboxylic acids is 1. The van der Waals surface area contributed by atoms with Crippen molar-refractivity contribution in [1.29, 1.82) is 0 Å². The first kappa shape index (κ1) is 13.4. The first-order valence-electron chi connectivity index (χ1n) is 5.29. The summed E-state index contributed by atoms with van der Waals surface area (Å²) in [5, 5.41) is 12.2. The summed E-state index contributed by atoms with van der Waals surface area (Å²) in [5.74, 6) is -0.173. The molecule has 1 aromatic rings. The van der Waals surface area contributed by atoms with Gasteiger partial charge in [0, 0.05) is 23.6 Å². The topological polar surface area (TPSA) is 75.3 Å². The van der Waals surface area contributed by atoms with Gasteiger partial charge in [0.05, 0.1) is 4.99 Å². The maximum absolute atomic E-state index is 11.8. The Morgan fingerprint density at radius 1 is 1.59 bits per heavy atom. The summed E-state index contributed by atoms with van der Waals surface area (Å²) in [6.07, 6.45) is 0. The van der Waals surface area contributed by atoms with Gasteiger partial charge in [0.2, 0.25) is 0 Å². The molecule has 0 bridgehead atoms. The normalized spacial score (nSPS) is 11.9. The van der Waals surface area contributed by atoms with E-state index in [1.54, 1.807) is 25.1 Å². The summed E-state index contributed by atoms with van der Waals surface area (Å²) in [7, 11) is 0. The fourth-order valence-electron chi connectivity index (χ4n) is 1.31. The van der Waals surface area contributed by atoms with Crippen molar-refractivity contribution in [3.63, 3.8) is 0 Å². The first-order chi connectivity index (χ1) is 7.93. The van der Waals surface area contributed by atoms with Gasteiger partial charge in [0.15, 0.2) is 0 Å². The van der Waals surface area contributed by atoms with Crippen LogP contribution in [-0.2, 0) is 0 Å². The minimum Gasteiger partial charge on any atom is -0.508 e. The smallest absolute Gasteiger partial charge is 0.251 e. The Labute approximate surface area is 106 Å². The number of aromatic hydroxyl groups is 1. The van der Waals surface area contributed by atoms with Gasteiger partial charge in [-0.15, -0.1) is 0 Å². The number of nitrogens with one attached hydrogen (secondary N) is 1. The van der Waals surface area contributed by atoms with Crippen molar-refractivity contribution in [1.82, 2.24) is 5.32 Å². The van der Waals surface area contributed by atoms with Crippen LogP contribution >= 0.6 is 12.2 Å². The number of phenols is 1. The molecule has 4 N–H and O–H groups in total. The van der Waals surface area contributed by atoms with Gasteiger partial charge in [-0.2, -0.15) is 0 Å². The van der Waals surface area contributed by atoms with Crippen LogP contribution in [0.3, 0.4) is 0 Å². The third-order valence-corrected chi connectivity index (χ3v) is 3.01. The van der Waals surface area contributed by atoms with Crippen LogP contribution in [0.2, 0.25) is 0 Å². The Morgan fingerprint density at radius 2 is 2.24 bits per heavy atom. The quantitative estimate of drug-likeness (QED) is 0.707. The standard InChI is InChI=1S/C12H16N2O2S/c1-7(11(13)17)6-14-12(16)9-4-3-5-10(15)8(9)2/h3-5,7,15H,6H2,1-2H3,(H2,13,17)(H,14,16). The van der Waals surface area contributed by atoms with E-state index in [2.05, 4.69) is 5.32 Å². The molecule has 0 heterocycles. The number of phenolic OH excluding ortho intramolecular Hbond substituents is 1. The van der Waals surface area contributed by atoms with Crippen molar-refractivity contribution in [2.45, 2.75) is 13.8 Å². The van der Waals surface area contributed by atoms with Gasteiger partial charge in [-0.05, 0) is 19.1 Å². The van der Waals surface area contributed by atoms with E-state index in [9.17, 15) is 9.90 Å². The lowest BCUT2D eigenvalue weighted by atomic mass is 10.1. The largest absolute Gasteiger partial charge is 0.508 e. The van der Waals surface area contributed by atoms with E-state index in [0.717, 1.165) is 0 Å². The maximum Gasteiger partial charge on any atom is 0.251 e. The second-order valence-corrected chi connectivity index (χ2v) is 4.43. The van der Waals surface area contributed by atoms with Gasteiger partial charge in [-0.25, -0.2) is 0 Å². The number of nitrogens with two attached hydrogens (primary N) is 1. The molecule has 0 aromatic heterocycles. The highest BCUT2D eigenvalue weighted by Gasteiger charge is 2.12. The molecule has 1 aromatic carbocycles. The molecule has 0 aliphatic carbocycles. The molecular weight excluding hydrogens is 236 g/mol. The van der Waals surface area contributed by atoms with E-state index in [1.807, 2.05) is 6.92 Å². The third kappa shape index (κ3) is 3.42. The van der Waals surface area contributed by atoms with Crippen LogP contribution in [0.25, 0.3) is 0 Å².